The second-order valence-electron chi connectivity index (χ2n) is 4.74. The van der Waals surface area contributed by atoms with Crippen LogP contribution in [0.25, 0.3) is 6.08 Å². The predicted octanol–water partition coefficient (Wildman–Crippen LogP) is 2.30. The van der Waals surface area contributed by atoms with Crippen LogP contribution in [0.1, 0.15) is 12.5 Å². The molecule has 0 spiro atoms. The number of carbonyl (C=O) groups excluding carboxylic acids is 3. The number of likely N-dealkylation sites (N-methyl/N-ethyl adjacent to an activating group) is 1. The van der Waals surface area contributed by atoms with Crippen molar-refractivity contribution in [3.63, 3.8) is 0 Å². The summed E-state index contributed by atoms with van der Waals surface area (Å²) in [6, 6.07) is 4.98. The summed E-state index contributed by atoms with van der Waals surface area (Å²) in [6.45, 7) is 1.77. The van der Waals surface area contributed by atoms with Gasteiger partial charge in [0.15, 0.2) is 18.1 Å². The molecule has 2 amide bonds. The lowest BCUT2D eigenvalue weighted by atomic mass is 10.2. The first-order valence-corrected chi connectivity index (χ1v) is 7.96. The summed E-state index contributed by atoms with van der Waals surface area (Å²) in [5, 5.41) is -0.312. The zero-order valence-electron chi connectivity index (χ0n) is 13.5. The van der Waals surface area contributed by atoms with Crippen LogP contribution in [-0.4, -0.2) is 49.4 Å². The monoisotopic (exact) mass is 351 g/mol. The first-order valence-electron chi connectivity index (χ1n) is 7.14. The number of esters is 1. The van der Waals surface area contributed by atoms with Gasteiger partial charge in [0.2, 0.25) is 0 Å². The van der Waals surface area contributed by atoms with Gasteiger partial charge in [-0.3, -0.25) is 14.5 Å². The van der Waals surface area contributed by atoms with Gasteiger partial charge in [0, 0.05) is 7.05 Å². The molecule has 1 aromatic rings. The fourth-order valence-electron chi connectivity index (χ4n) is 1.93. The van der Waals surface area contributed by atoms with Crippen LogP contribution >= 0.6 is 11.8 Å². The third-order valence-electron chi connectivity index (χ3n) is 3.12. The van der Waals surface area contributed by atoms with Crippen molar-refractivity contribution in [2.45, 2.75) is 6.92 Å². The first-order chi connectivity index (χ1) is 11.5. The minimum atomic E-state index is -0.472. The van der Waals surface area contributed by atoms with Gasteiger partial charge in [0.1, 0.15) is 0 Å². The average Bonchev–Trinajstić information content (AvgIpc) is 2.80. The zero-order valence-corrected chi connectivity index (χ0v) is 14.3. The Kier molecular flexibility index (Phi) is 5.86. The van der Waals surface area contributed by atoms with Gasteiger partial charge in [-0.05, 0) is 42.5 Å². The van der Waals surface area contributed by atoms with E-state index in [1.54, 1.807) is 31.2 Å². The summed E-state index contributed by atoms with van der Waals surface area (Å²) < 4.78 is 15.4. The van der Waals surface area contributed by atoms with Crippen molar-refractivity contribution in [3.8, 4) is 11.5 Å². The Bertz CT molecular complexity index is 700. The van der Waals surface area contributed by atoms with Crippen LogP contribution in [0.5, 0.6) is 11.5 Å². The molecule has 1 aromatic carbocycles. The molecule has 1 heterocycles. The van der Waals surface area contributed by atoms with Crippen LogP contribution in [0.4, 0.5) is 4.79 Å². The number of rotatable bonds is 6. The van der Waals surface area contributed by atoms with Crippen LogP contribution in [0.2, 0.25) is 0 Å². The number of carbonyl (C=O) groups is 3. The van der Waals surface area contributed by atoms with Crippen molar-refractivity contribution >= 4 is 35.0 Å². The highest BCUT2D eigenvalue weighted by atomic mass is 32.2. The summed E-state index contributed by atoms with van der Waals surface area (Å²) >= 11 is 0.879. The fraction of sp³-hybridized carbons (Fsp3) is 0.312. The van der Waals surface area contributed by atoms with E-state index >= 15 is 0 Å². The number of amides is 2. The number of benzene rings is 1. The predicted molar refractivity (Wildman–Crippen MR) is 88.9 cm³/mol. The number of methoxy groups -OCH3 is 1. The Labute approximate surface area is 143 Å². The number of hydrogen-bond acceptors (Lipinski definition) is 7. The molecule has 7 nitrogen and oxygen atoms in total. The topological polar surface area (TPSA) is 82.1 Å². The Balaban J connectivity index is 2.16. The molecule has 128 valence electrons. The number of ether oxygens (including phenoxy) is 3. The Hall–Kier alpha value is -2.48. The van der Waals surface area contributed by atoms with Crippen molar-refractivity contribution < 1.29 is 28.6 Å². The highest BCUT2D eigenvalue weighted by Gasteiger charge is 2.31. The van der Waals surface area contributed by atoms with Gasteiger partial charge in [-0.2, -0.15) is 0 Å². The molecule has 1 aliphatic rings. The van der Waals surface area contributed by atoms with Crippen molar-refractivity contribution in [1.82, 2.24) is 4.90 Å². The van der Waals surface area contributed by atoms with Crippen molar-refractivity contribution in [1.29, 1.82) is 0 Å². The van der Waals surface area contributed by atoms with Gasteiger partial charge in [-0.25, -0.2) is 4.79 Å². The number of thioether (sulfide) groups is 1. The highest BCUT2D eigenvalue weighted by molar-refractivity contribution is 8.18. The molecule has 2 rings (SSSR count). The van der Waals surface area contributed by atoms with E-state index < -0.39 is 5.97 Å². The molecular weight excluding hydrogens is 334 g/mol. The second kappa shape index (κ2) is 7.87. The van der Waals surface area contributed by atoms with Crippen LogP contribution in [-0.2, 0) is 14.3 Å². The van der Waals surface area contributed by atoms with Gasteiger partial charge in [-0.15, -0.1) is 0 Å². The summed E-state index contributed by atoms with van der Waals surface area (Å²) in [4.78, 5) is 36.1. The van der Waals surface area contributed by atoms with Crippen molar-refractivity contribution in [2.75, 3.05) is 27.4 Å². The quantitative estimate of drug-likeness (QED) is 0.574. The molecule has 1 saturated heterocycles. The summed E-state index contributed by atoms with van der Waals surface area (Å²) in [7, 11) is 2.90. The van der Waals surface area contributed by atoms with E-state index in [2.05, 4.69) is 0 Å². The largest absolute Gasteiger partial charge is 0.493 e. The highest BCUT2D eigenvalue weighted by Crippen LogP contribution is 2.33. The molecule has 0 unspecified atom stereocenters. The van der Waals surface area contributed by atoms with E-state index in [9.17, 15) is 14.4 Å². The minimum absolute atomic E-state index is 0.224. The third kappa shape index (κ3) is 4.08. The normalized spacial score (nSPS) is 15.8. The average molecular weight is 351 g/mol. The molecule has 1 aliphatic heterocycles. The van der Waals surface area contributed by atoms with Gasteiger partial charge >= 0.3 is 5.97 Å². The summed E-state index contributed by atoms with van der Waals surface area (Å²) in [5.74, 6) is -0.0260. The van der Waals surface area contributed by atoms with Crippen molar-refractivity contribution in [2.24, 2.45) is 0 Å². The van der Waals surface area contributed by atoms with Gasteiger partial charge in [0.05, 0.1) is 18.6 Å². The van der Waals surface area contributed by atoms with E-state index in [1.807, 2.05) is 0 Å². The molecule has 0 aliphatic carbocycles. The van der Waals surface area contributed by atoms with Crippen LogP contribution in [0, 0.1) is 0 Å². The lowest BCUT2D eigenvalue weighted by Gasteiger charge is -2.11. The minimum Gasteiger partial charge on any atom is -0.493 e. The van der Waals surface area contributed by atoms with Gasteiger partial charge < -0.3 is 14.2 Å². The molecular formula is C16H17NO6S. The van der Waals surface area contributed by atoms with E-state index in [4.69, 9.17) is 14.2 Å². The van der Waals surface area contributed by atoms with Gasteiger partial charge in [0.25, 0.3) is 11.1 Å². The van der Waals surface area contributed by atoms with E-state index in [0.717, 1.165) is 16.7 Å². The molecule has 0 bridgehead atoms. The number of nitrogens with zero attached hydrogens (tertiary/aromatic N) is 1. The lowest BCUT2D eigenvalue weighted by Crippen LogP contribution is -2.22. The maximum atomic E-state index is 11.9. The zero-order chi connectivity index (χ0) is 17.7. The number of hydrogen-bond donors (Lipinski definition) is 0. The summed E-state index contributed by atoms with van der Waals surface area (Å²) in [6.07, 6.45) is 1.60. The molecule has 0 atom stereocenters. The Morgan fingerprint density at radius 3 is 2.62 bits per heavy atom. The van der Waals surface area contributed by atoms with E-state index in [1.165, 1.54) is 14.2 Å². The van der Waals surface area contributed by atoms with Gasteiger partial charge in [-0.1, -0.05) is 6.07 Å². The van der Waals surface area contributed by atoms with Crippen LogP contribution in [0.3, 0.4) is 0 Å². The molecule has 0 N–H and O–H groups in total. The maximum Gasteiger partial charge on any atom is 0.344 e. The smallest absolute Gasteiger partial charge is 0.344 e. The van der Waals surface area contributed by atoms with Crippen LogP contribution < -0.4 is 9.47 Å². The second-order valence-corrected chi connectivity index (χ2v) is 5.74. The molecule has 0 radical (unpaired) electrons. The maximum absolute atomic E-state index is 11.9. The first kappa shape index (κ1) is 17.9. The molecule has 1 fully saturated rings. The van der Waals surface area contributed by atoms with Crippen LogP contribution in [0.15, 0.2) is 23.1 Å². The summed E-state index contributed by atoms with van der Waals surface area (Å²) in [5.41, 5.74) is 0.675. The molecule has 24 heavy (non-hydrogen) atoms. The third-order valence-corrected chi connectivity index (χ3v) is 4.08. The Morgan fingerprint density at radius 2 is 2.04 bits per heavy atom. The number of imide groups is 1. The molecule has 8 heteroatoms. The lowest BCUT2D eigenvalue weighted by molar-refractivity contribution is -0.145. The van der Waals surface area contributed by atoms with E-state index in [0.29, 0.717) is 22.0 Å². The Morgan fingerprint density at radius 1 is 1.29 bits per heavy atom. The van der Waals surface area contributed by atoms with E-state index in [-0.39, 0.29) is 24.4 Å². The fourth-order valence-corrected chi connectivity index (χ4v) is 2.76. The molecule has 0 aromatic heterocycles. The SMILES string of the molecule is CCOC(=O)COc1ccc(C=C2SC(=O)N(C)C2=O)cc1OC. The van der Waals surface area contributed by atoms with Crippen molar-refractivity contribution in [3.05, 3.63) is 28.7 Å². The molecule has 0 saturated carbocycles. The standard InChI is InChI=1S/C16H17NO6S/c1-4-22-14(18)9-23-11-6-5-10(7-12(11)21-3)8-13-15(19)17(2)16(20)24-13/h5-8H,4,9H2,1-3H3.